The van der Waals surface area contributed by atoms with Crippen LogP contribution in [0, 0.1) is 0 Å². The molecule has 1 aromatic carbocycles. The number of benzene rings is 1. The normalized spacial score (nSPS) is 21.5. The number of aliphatic hydroxyl groups excluding tert-OH is 1. The molecule has 1 saturated heterocycles. The molecule has 1 fully saturated rings. The van der Waals surface area contributed by atoms with Crippen molar-refractivity contribution in [2.24, 2.45) is 0 Å². The molecule has 9 heteroatoms. The van der Waals surface area contributed by atoms with Gasteiger partial charge in [-0.05, 0) is 63.0 Å². The highest BCUT2D eigenvalue weighted by atomic mass is 35.5. The van der Waals surface area contributed by atoms with Gasteiger partial charge in [0.1, 0.15) is 17.5 Å². The quantitative estimate of drug-likeness (QED) is 0.351. The lowest BCUT2D eigenvalue weighted by Gasteiger charge is -2.42. The third kappa shape index (κ3) is 7.57. The summed E-state index contributed by atoms with van der Waals surface area (Å²) in [6.45, 7) is 17.1. The minimum absolute atomic E-state index is 0.0718. The zero-order chi connectivity index (χ0) is 25.2. The van der Waals surface area contributed by atoms with Crippen LogP contribution in [0.4, 0.5) is 4.79 Å². The van der Waals surface area contributed by atoms with E-state index in [1.54, 1.807) is 17.0 Å². The van der Waals surface area contributed by atoms with E-state index in [1.807, 2.05) is 26.8 Å². The zero-order valence-electron chi connectivity index (χ0n) is 21.1. The average Bonchev–Trinajstić information content (AvgIpc) is 2.84. The van der Waals surface area contributed by atoms with Gasteiger partial charge in [-0.3, -0.25) is 0 Å². The highest BCUT2D eigenvalue weighted by Gasteiger charge is 2.45. The van der Waals surface area contributed by atoms with E-state index < -0.39 is 31.9 Å². The summed E-state index contributed by atoms with van der Waals surface area (Å²) in [7, 11) is -2.25. The minimum Gasteiger partial charge on any atom is -0.444 e. The Morgan fingerprint density at radius 2 is 1.85 bits per heavy atom. The Hall–Kier alpha value is -0.833. The summed E-state index contributed by atoms with van der Waals surface area (Å²) < 4.78 is 18.3. The van der Waals surface area contributed by atoms with Gasteiger partial charge in [0.25, 0.3) is 0 Å². The number of hydrogen-bond acceptors (Lipinski definition) is 5. The third-order valence-corrected chi connectivity index (χ3v) is 11.4. The van der Waals surface area contributed by atoms with Gasteiger partial charge in [0.2, 0.25) is 0 Å². The van der Waals surface area contributed by atoms with Crippen LogP contribution < -0.4 is 0 Å². The SMILES string of the molecule is CC(C)(C)OC(=O)N1CCCOC(CC(O)O[Si](C)(C)C(C)(C)C)(c2ccc(Cl)c(Cl)c2)C1. The molecule has 2 unspecified atom stereocenters. The second kappa shape index (κ2) is 10.4. The number of halogens is 2. The molecule has 0 aromatic heterocycles. The maximum absolute atomic E-state index is 13.0. The number of aliphatic hydroxyl groups is 1. The Bertz CT molecular complexity index is 837. The van der Waals surface area contributed by atoms with Gasteiger partial charge in [0.05, 0.1) is 16.6 Å². The van der Waals surface area contributed by atoms with Crippen LogP contribution in [0.5, 0.6) is 0 Å². The highest BCUT2D eigenvalue weighted by Crippen LogP contribution is 2.41. The Balaban J connectivity index is 2.43. The molecule has 0 radical (unpaired) electrons. The molecular weight excluding hydrogens is 481 g/mol. The molecule has 1 aromatic rings. The molecule has 1 heterocycles. The van der Waals surface area contributed by atoms with Crippen LogP contribution in [-0.4, -0.2) is 56.0 Å². The number of nitrogens with zero attached hydrogens (tertiary/aromatic N) is 1. The number of carbonyl (C=O) groups excluding carboxylic acids is 1. The minimum atomic E-state index is -2.25. The van der Waals surface area contributed by atoms with E-state index in [2.05, 4.69) is 33.9 Å². The van der Waals surface area contributed by atoms with E-state index in [9.17, 15) is 9.90 Å². The number of carbonyl (C=O) groups is 1. The van der Waals surface area contributed by atoms with Crippen LogP contribution in [0.15, 0.2) is 18.2 Å². The van der Waals surface area contributed by atoms with Gasteiger partial charge in [-0.25, -0.2) is 4.79 Å². The van der Waals surface area contributed by atoms with Crippen LogP contribution in [0.1, 0.15) is 59.9 Å². The van der Waals surface area contributed by atoms with E-state index in [4.69, 9.17) is 37.1 Å². The lowest BCUT2D eigenvalue weighted by atomic mass is 9.89. The lowest BCUT2D eigenvalue weighted by molar-refractivity contribution is -0.128. The molecule has 6 nitrogen and oxygen atoms in total. The molecule has 1 amide bonds. The Labute approximate surface area is 209 Å². The first kappa shape index (κ1) is 28.4. The number of hydrogen-bond donors (Lipinski definition) is 1. The van der Waals surface area contributed by atoms with Crippen molar-refractivity contribution in [2.75, 3.05) is 19.7 Å². The fourth-order valence-electron chi connectivity index (χ4n) is 3.47. The number of amides is 1. The Morgan fingerprint density at radius 3 is 2.39 bits per heavy atom. The second-order valence-corrected chi connectivity index (χ2v) is 16.8. The predicted molar refractivity (Wildman–Crippen MR) is 135 cm³/mol. The van der Waals surface area contributed by atoms with E-state index in [-0.39, 0.29) is 18.0 Å². The van der Waals surface area contributed by atoms with E-state index in [0.717, 1.165) is 5.56 Å². The average molecular weight is 521 g/mol. The van der Waals surface area contributed by atoms with Gasteiger partial charge in [-0.1, -0.05) is 50.0 Å². The Morgan fingerprint density at radius 1 is 1.21 bits per heavy atom. The van der Waals surface area contributed by atoms with Gasteiger partial charge in [0.15, 0.2) is 8.32 Å². The van der Waals surface area contributed by atoms with Crippen LogP contribution in [0.3, 0.4) is 0 Å². The third-order valence-electron chi connectivity index (χ3n) is 6.24. The summed E-state index contributed by atoms with van der Waals surface area (Å²) in [5, 5.41) is 11.8. The van der Waals surface area contributed by atoms with Crippen molar-refractivity contribution in [2.45, 2.75) is 90.0 Å². The maximum atomic E-state index is 13.0. The van der Waals surface area contributed by atoms with Crippen molar-refractivity contribution in [3.05, 3.63) is 33.8 Å². The molecule has 0 aliphatic carbocycles. The smallest absolute Gasteiger partial charge is 0.410 e. The van der Waals surface area contributed by atoms with Gasteiger partial charge in [-0.2, -0.15) is 0 Å². The first-order valence-corrected chi connectivity index (χ1v) is 15.1. The van der Waals surface area contributed by atoms with Gasteiger partial charge >= 0.3 is 6.09 Å². The highest BCUT2D eigenvalue weighted by molar-refractivity contribution is 6.74. The molecule has 1 aliphatic heterocycles. The molecule has 2 rings (SSSR count). The summed E-state index contributed by atoms with van der Waals surface area (Å²) in [6.07, 6.45) is -0.727. The first-order chi connectivity index (χ1) is 15.0. The van der Waals surface area contributed by atoms with E-state index in [0.29, 0.717) is 29.6 Å². The monoisotopic (exact) mass is 519 g/mol. The van der Waals surface area contributed by atoms with Gasteiger partial charge in [0, 0.05) is 19.6 Å². The standard InChI is InChI=1S/C24H39Cl2NO5Si/c1-22(2,3)31-21(29)27-12-9-13-30-24(16-27,17-10-11-18(25)19(26)14-17)15-20(28)32-33(7,8)23(4,5)6/h10-11,14,20,28H,9,12-13,15-16H2,1-8H3. The molecule has 1 aliphatic rings. The van der Waals surface area contributed by atoms with Crippen molar-refractivity contribution in [3.63, 3.8) is 0 Å². The van der Waals surface area contributed by atoms with Crippen molar-refractivity contribution in [1.29, 1.82) is 0 Å². The Kier molecular flexibility index (Phi) is 8.97. The van der Waals surface area contributed by atoms with E-state index in [1.165, 1.54) is 0 Å². The molecule has 0 bridgehead atoms. The summed E-state index contributed by atoms with van der Waals surface area (Å²) >= 11 is 12.5. The number of ether oxygens (including phenoxy) is 2. The number of rotatable bonds is 5. The fourth-order valence-corrected chi connectivity index (χ4v) is 4.89. The molecular formula is C24H39Cl2NO5Si. The second-order valence-electron chi connectivity index (χ2n) is 11.3. The van der Waals surface area contributed by atoms with Gasteiger partial charge in [-0.15, -0.1) is 0 Å². The zero-order valence-corrected chi connectivity index (χ0v) is 23.6. The van der Waals surface area contributed by atoms with Crippen molar-refractivity contribution in [1.82, 2.24) is 4.90 Å². The predicted octanol–water partition coefficient (Wildman–Crippen LogP) is 6.58. The maximum Gasteiger partial charge on any atom is 0.410 e. The van der Waals surface area contributed by atoms with Crippen LogP contribution in [0.25, 0.3) is 0 Å². The largest absolute Gasteiger partial charge is 0.444 e. The van der Waals surface area contributed by atoms with Crippen molar-refractivity contribution < 1.29 is 23.8 Å². The molecule has 0 saturated carbocycles. The molecule has 188 valence electrons. The van der Waals surface area contributed by atoms with Crippen LogP contribution >= 0.6 is 23.2 Å². The molecule has 2 atom stereocenters. The fraction of sp³-hybridized carbons (Fsp3) is 0.708. The summed E-state index contributed by atoms with van der Waals surface area (Å²) in [5.41, 5.74) is -0.935. The van der Waals surface area contributed by atoms with Crippen LogP contribution in [0.2, 0.25) is 28.2 Å². The van der Waals surface area contributed by atoms with Crippen molar-refractivity contribution >= 4 is 37.6 Å². The van der Waals surface area contributed by atoms with Gasteiger partial charge < -0.3 is 23.9 Å². The molecule has 33 heavy (non-hydrogen) atoms. The first-order valence-electron chi connectivity index (χ1n) is 11.4. The summed E-state index contributed by atoms with van der Waals surface area (Å²) in [6, 6.07) is 5.27. The lowest BCUT2D eigenvalue weighted by Crippen LogP contribution is -2.49. The summed E-state index contributed by atoms with van der Waals surface area (Å²) in [4.78, 5) is 14.6. The van der Waals surface area contributed by atoms with Crippen LogP contribution in [-0.2, 0) is 19.5 Å². The summed E-state index contributed by atoms with van der Waals surface area (Å²) in [5.74, 6) is 0. The van der Waals surface area contributed by atoms with E-state index >= 15 is 0 Å². The molecule has 1 N–H and O–H groups in total. The molecule has 0 spiro atoms. The van der Waals surface area contributed by atoms with Crippen molar-refractivity contribution in [3.8, 4) is 0 Å². The topological polar surface area (TPSA) is 68.2 Å².